The molecule has 0 aliphatic carbocycles. The molecule has 30 heavy (non-hydrogen) atoms. The molecule has 0 atom stereocenters. The minimum absolute atomic E-state index is 0.0572. The van der Waals surface area contributed by atoms with Gasteiger partial charge in [0.05, 0.1) is 10.6 Å². The zero-order valence-electron chi connectivity index (χ0n) is 16.4. The van der Waals surface area contributed by atoms with E-state index in [-0.39, 0.29) is 33.9 Å². The number of thioether (sulfide) groups is 1. The molecule has 0 spiro atoms. The molecule has 3 aromatic rings. The number of amides is 1. The van der Waals surface area contributed by atoms with E-state index < -0.39 is 9.84 Å². The summed E-state index contributed by atoms with van der Waals surface area (Å²) in [5, 5.41) is 11.1. The highest BCUT2D eigenvalue weighted by Gasteiger charge is 2.20. The first-order chi connectivity index (χ1) is 14.3. The van der Waals surface area contributed by atoms with Crippen LogP contribution in [0.2, 0.25) is 0 Å². The number of hydrogen-bond acceptors (Lipinski definition) is 7. The quantitative estimate of drug-likeness (QED) is 0.420. The topological polar surface area (TPSA) is 111 Å². The van der Waals surface area contributed by atoms with Crippen molar-refractivity contribution in [2.45, 2.75) is 22.7 Å². The summed E-state index contributed by atoms with van der Waals surface area (Å²) in [6.07, 6.45) is 0. The molecule has 2 aromatic carbocycles. The van der Waals surface area contributed by atoms with Gasteiger partial charge in [0, 0.05) is 18.3 Å². The average Bonchev–Trinajstić information content (AvgIpc) is 3.06. The molecule has 10 heteroatoms. The third-order valence-electron chi connectivity index (χ3n) is 4.23. The van der Waals surface area contributed by atoms with Crippen molar-refractivity contribution in [2.24, 2.45) is 7.05 Å². The molecule has 0 saturated heterocycles. The fourth-order valence-corrected chi connectivity index (χ4v) is 4.68. The van der Waals surface area contributed by atoms with Crippen LogP contribution < -0.4 is 5.32 Å². The lowest BCUT2D eigenvalue weighted by Crippen LogP contribution is -2.15. The van der Waals surface area contributed by atoms with Gasteiger partial charge in [-0.05, 0) is 31.2 Å². The van der Waals surface area contributed by atoms with Crippen molar-refractivity contribution in [1.29, 1.82) is 0 Å². The van der Waals surface area contributed by atoms with Gasteiger partial charge < -0.3 is 9.88 Å². The molecule has 3 rings (SSSR count). The van der Waals surface area contributed by atoms with Crippen molar-refractivity contribution in [3.63, 3.8) is 0 Å². The third kappa shape index (κ3) is 5.33. The summed E-state index contributed by atoms with van der Waals surface area (Å²) in [7, 11) is -1.89. The maximum atomic E-state index is 12.5. The second kappa shape index (κ2) is 9.23. The second-order valence-corrected chi connectivity index (χ2v) is 9.44. The number of sulfone groups is 1. The van der Waals surface area contributed by atoms with Crippen LogP contribution in [0.5, 0.6) is 0 Å². The lowest BCUT2D eigenvalue weighted by molar-refractivity contribution is -0.113. The number of anilines is 1. The van der Waals surface area contributed by atoms with E-state index in [0.717, 1.165) is 11.8 Å². The van der Waals surface area contributed by atoms with Gasteiger partial charge in [0.25, 0.3) is 0 Å². The first-order valence-electron chi connectivity index (χ1n) is 8.96. The number of carbonyl (C=O) groups excluding carboxylic acids is 2. The van der Waals surface area contributed by atoms with Gasteiger partial charge in [0.15, 0.2) is 20.8 Å². The highest BCUT2D eigenvalue weighted by atomic mass is 32.2. The van der Waals surface area contributed by atoms with E-state index >= 15 is 0 Å². The Morgan fingerprint density at radius 1 is 1.07 bits per heavy atom. The van der Waals surface area contributed by atoms with Crippen LogP contribution in [0.1, 0.15) is 23.1 Å². The molecule has 8 nitrogen and oxygen atoms in total. The SMILES string of the molecule is CC(=O)c1cccc(NC(=O)CSc2nnc(CS(=O)(=O)c3ccccc3)n2C)c1. The van der Waals surface area contributed by atoms with Gasteiger partial charge in [-0.25, -0.2) is 8.42 Å². The van der Waals surface area contributed by atoms with Gasteiger partial charge in [-0.3, -0.25) is 9.59 Å². The lowest BCUT2D eigenvalue weighted by atomic mass is 10.1. The highest BCUT2D eigenvalue weighted by molar-refractivity contribution is 7.99. The Labute approximate surface area is 178 Å². The standard InChI is InChI=1S/C20H20N4O4S2/c1-14(25)15-7-6-8-16(11-15)21-19(26)12-29-20-23-22-18(24(20)2)13-30(27,28)17-9-4-3-5-10-17/h3-11H,12-13H2,1-2H3,(H,21,26). The van der Waals surface area contributed by atoms with Crippen molar-refractivity contribution in [3.8, 4) is 0 Å². The van der Waals surface area contributed by atoms with Crippen LogP contribution in [-0.4, -0.2) is 40.6 Å². The van der Waals surface area contributed by atoms with Gasteiger partial charge in [0.2, 0.25) is 5.91 Å². The summed E-state index contributed by atoms with van der Waals surface area (Å²) in [5.74, 6) is -0.303. The van der Waals surface area contributed by atoms with Gasteiger partial charge >= 0.3 is 0 Å². The largest absolute Gasteiger partial charge is 0.325 e. The molecule has 1 N–H and O–H groups in total. The van der Waals surface area contributed by atoms with E-state index in [1.54, 1.807) is 54.1 Å². The summed E-state index contributed by atoms with van der Waals surface area (Å²) in [5.41, 5.74) is 1.04. The number of carbonyl (C=O) groups is 2. The fourth-order valence-electron chi connectivity index (χ4n) is 2.62. The summed E-state index contributed by atoms with van der Waals surface area (Å²) < 4.78 is 26.6. The number of nitrogens with zero attached hydrogens (tertiary/aromatic N) is 3. The molecule has 0 saturated carbocycles. The van der Waals surface area contributed by atoms with Crippen LogP contribution in [0.4, 0.5) is 5.69 Å². The first kappa shape index (κ1) is 21.7. The number of aromatic nitrogens is 3. The zero-order valence-corrected chi connectivity index (χ0v) is 18.0. The Morgan fingerprint density at radius 3 is 2.50 bits per heavy atom. The van der Waals surface area contributed by atoms with E-state index in [0.29, 0.717) is 16.4 Å². The second-order valence-electron chi connectivity index (χ2n) is 6.50. The van der Waals surface area contributed by atoms with Crippen molar-refractivity contribution < 1.29 is 18.0 Å². The van der Waals surface area contributed by atoms with Crippen molar-refractivity contribution in [3.05, 3.63) is 66.0 Å². The number of nitrogens with one attached hydrogen (secondary N) is 1. The summed E-state index contributed by atoms with van der Waals surface area (Å²) in [6.45, 7) is 1.46. The number of benzene rings is 2. The van der Waals surface area contributed by atoms with Crippen LogP contribution in [-0.2, 0) is 27.4 Å². The molecule has 1 heterocycles. The van der Waals surface area contributed by atoms with Gasteiger partial charge in [-0.1, -0.05) is 42.1 Å². The predicted molar refractivity (Wildman–Crippen MR) is 114 cm³/mol. The maximum absolute atomic E-state index is 12.5. The van der Waals surface area contributed by atoms with E-state index in [4.69, 9.17) is 0 Å². The molecule has 0 aliphatic heterocycles. The maximum Gasteiger partial charge on any atom is 0.234 e. The van der Waals surface area contributed by atoms with E-state index in [9.17, 15) is 18.0 Å². The fraction of sp³-hybridized carbons (Fsp3) is 0.200. The molecule has 1 amide bonds. The van der Waals surface area contributed by atoms with Crippen LogP contribution in [0.15, 0.2) is 64.6 Å². The summed E-state index contributed by atoms with van der Waals surface area (Å²) in [4.78, 5) is 23.9. The number of Topliss-reactive ketones (excluding diaryl/α,β-unsaturated/α-hetero) is 1. The molecule has 156 valence electrons. The van der Waals surface area contributed by atoms with Gasteiger partial charge in [0.1, 0.15) is 11.6 Å². The minimum Gasteiger partial charge on any atom is -0.325 e. The Kier molecular flexibility index (Phi) is 6.68. The van der Waals surface area contributed by atoms with Crippen LogP contribution in [0.3, 0.4) is 0 Å². The van der Waals surface area contributed by atoms with Gasteiger partial charge in [-0.15, -0.1) is 10.2 Å². The number of hydrogen-bond donors (Lipinski definition) is 1. The van der Waals surface area contributed by atoms with E-state index in [2.05, 4.69) is 15.5 Å². The molecule has 0 unspecified atom stereocenters. The predicted octanol–water partition coefficient (Wildman–Crippen LogP) is 2.72. The van der Waals surface area contributed by atoms with Crippen LogP contribution in [0.25, 0.3) is 0 Å². The van der Waals surface area contributed by atoms with Crippen molar-refractivity contribution >= 4 is 39.0 Å². The smallest absolute Gasteiger partial charge is 0.234 e. The van der Waals surface area contributed by atoms with Crippen LogP contribution >= 0.6 is 11.8 Å². The van der Waals surface area contributed by atoms with Crippen LogP contribution in [0, 0.1) is 0 Å². The zero-order chi connectivity index (χ0) is 21.7. The highest BCUT2D eigenvalue weighted by Crippen LogP contribution is 2.20. The minimum atomic E-state index is -3.55. The normalized spacial score (nSPS) is 11.3. The molecular formula is C20H20N4O4S2. The van der Waals surface area contributed by atoms with Crippen molar-refractivity contribution in [2.75, 3.05) is 11.1 Å². The molecular weight excluding hydrogens is 424 g/mol. The summed E-state index contributed by atoms with van der Waals surface area (Å²) >= 11 is 1.14. The monoisotopic (exact) mass is 444 g/mol. The van der Waals surface area contributed by atoms with Gasteiger partial charge in [-0.2, -0.15) is 0 Å². The number of ketones is 1. The Bertz CT molecular complexity index is 1170. The molecule has 0 aliphatic rings. The Balaban J connectivity index is 1.62. The Hall–Kier alpha value is -2.98. The van der Waals surface area contributed by atoms with E-state index in [1.165, 1.54) is 19.1 Å². The van der Waals surface area contributed by atoms with Crippen molar-refractivity contribution in [1.82, 2.24) is 14.8 Å². The Morgan fingerprint density at radius 2 is 1.80 bits per heavy atom. The molecule has 0 radical (unpaired) electrons. The third-order valence-corrected chi connectivity index (χ3v) is 6.88. The summed E-state index contributed by atoms with van der Waals surface area (Å²) in [6, 6.07) is 14.8. The molecule has 1 aromatic heterocycles. The lowest BCUT2D eigenvalue weighted by Gasteiger charge is -2.07. The molecule has 0 fully saturated rings. The molecule has 0 bridgehead atoms. The first-order valence-corrected chi connectivity index (χ1v) is 11.6. The van der Waals surface area contributed by atoms with E-state index in [1.807, 2.05) is 0 Å². The average molecular weight is 445 g/mol. The number of rotatable bonds is 8.